The van der Waals surface area contributed by atoms with Gasteiger partial charge in [-0.15, -0.1) is 0 Å². The van der Waals surface area contributed by atoms with Crippen LogP contribution in [-0.2, 0) is 14.8 Å². The number of carbonyl (C=O) groups is 2. The van der Waals surface area contributed by atoms with E-state index in [2.05, 4.69) is 0 Å². The number of sulfonamides is 1. The van der Waals surface area contributed by atoms with Gasteiger partial charge in [-0.05, 0) is 50.2 Å². The monoisotopic (exact) mass is 390 g/mol. The van der Waals surface area contributed by atoms with Gasteiger partial charge >= 0.3 is 5.97 Å². The number of carbonyl (C=O) groups excluding carboxylic acids is 1. The quantitative estimate of drug-likeness (QED) is 0.784. The van der Waals surface area contributed by atoms with Crippen molar-refractivity contribution in [1.82, 2.24) is 4.90 Å². The maximum absolute atomic E-state index is 12.8. The first-order chi connectivity index (χ1) is 12.6. The zero-order valence-electron chi connectivity index (χ0n) is 15.4. The number of hydrogen-bond donors (Lipinski definition) is 1. The Morgan fingerprint density at radius 3 is 2.04 bits per heavy atom. The molecule has 0 saturated heterocycles. The Morgan fingerprint density at radius 2 is 1.56 bits per heavy atom. The zero-order valence-corrected chi connectivity index (χ0v) is 16.2. The van der Waals surface area contributed by atoms with Crippen LogP contribution in [-0.4, -0.2) is 49.9 Å². The van der Waals surface area contributed by atoms with Crippen LogP contribution in [0.25, 0.3) is 0 Å². The van der Waals surface area contributed by atoms with E-state index in [1.165, 1.54) is 36.2 Å². The number of nitrogens with zero attached hydrogens (tertiary/aromatic N) is 2. The molecule has 7 nitrogen and oxygen atoms in total. The minimum atomic E-state index is -3.78. The number of aliphatic carboxylic acids is 1. The van der Waals surface area contributed by atoms with Gasteiger partial charge in [0.15, 0.2) is 0 Å². The van der Waals surface area contributed by atoms with Crippen LogP contribution in [0.2, 0.25) is 0 Å². The highest BCUT2D eigenvalue weighted by Crippen LogP contribution is 2.22. The smallest absolute Gasteiger partial charge is 0.323 e. The first-order valence-electron chi connectivity index (χ1n) is 8.31. The summed E-state index contributed by atoms with van der Waals surface area (Å²) in [5.41, 5.74) is 0.747. The molecule has 0 aliphatic rings. The van der Waals surface area contributed by atoms with E-state index in [1.807, 2.05) is 0 Å². The van der Waals surface area contributed by atoms with Gasteiger partial charge in [0.2, 0.25) is 0 Å². The van der Waals surface area contributed by atoms with Crippen molar-refractivity contribution in [1.29, 1.82) is 0 Å². The molecule has 1 N–H and O–H groups in total. The third-order valence-corrected chi connectivity index (χ3v) is 5.87. The molecule has 0 spiro atoms. The molecule has 0 aliphatic carbocycles. The molecule has 0 radical (unpaired) electrons. The Morgan fingerprint density at radius 1 is 1.00 bits per heavy atom. The van der Waals surface area contributed by atoms with E-state index < -0.39 is 28.4 Å². The normalized spacial score (nSPS) is 11.3. The molecule has 0 aromatic heterocycles. The standard InChI is InChI=1S/C19H22N2O5S/c1-14(2)21(13-18(22)23)19(24)15-9-11-17(12-10-15)27(25,26)20(3)16-7-5-4-6-8-16/h4-12,14H,13H2,1-3H3,(H,22,23). The molecule has 1 amide bonds. The lowest BCUT2D eigenvalue weighted by molar-refractivity contribution is -0.138. The van der Waals surface area contributed by atoms with E-state index in [1.54, 1.807) is 44.2 Å². The minimum Gasteiger partial charge on any atom is -0.480 e. The van der Waals surface area contributed by atoms with Crippen LogP contribution in [0.1, 0.15) is 24.2 Å². The third kappa shape index (κ3) is 4.65. The summed E-state index contributed by atoms with van der Waals surface area (Å²) in [7, 11) is -2.32. The third-order valence-electron chi connectivity index (χ3n) is 4.07. The highest BCUT2D eigenvalue weighted by molar-refractivity contribution is 7.92. The number of hydrogen-bond acceptors (Lipinski definition) is 4. The number of benzene rings is 2. The molecule has 0 aliphatic heterocycles. The van der Waals surface area contributed by atoms with Crippen LogP contribution in [0.4, 0.5) is 5.69 Å². The van der Waals surface area contributed by atoms with Gasteiger partial charge in [-0.25, -0.2) is 8.42 Å². The van der Waals surface area contributed by atoms with Gasteiger partial charge in [-0.1, -0.05) is 18.2 Å². The Balaban J connectivity index is 2.28. The highest BCUT2D eigenvalue weighted by Gasteiger charge is 2.24. The van der Waals surface area contributed by atoms with Crippen LogP contribution in [0.5, 0.6) is 0 Å². The van der Waals surface area contributed by atoms with E-state index in [-0.39, 0.29) is 16.5 Å². The second-order valence-electron chi connectivity index (χ2n) is 6.25. The highest BCUT2D eigenvalue weighted by atomic mass is 32.2. The van der Waals surface area contributed by atoms with Crippen molar-refractivity contribution < 1.29 is 23.1 Å². The fourth-order valence-electron chi connectivity index (χ4n) is 2.50. The largest absolute Gasteiger partial charge is 0.480 e. The average Bonchev–Trinajstić information content (AvgIpc) is 2.65. The van der Waals surface area contributed by atoms with Gasteiger partial charge < -0.3 is 10.0 Å². The molecule has 0 atom stereocenters. The van der Waals surface area contributed by atoms with Gasteiger partial charge in [0.25, 0.3) is 15.9 Å². The lowest BCUT2D eigenvalue weighted by atomic mass is 10.1. The van der Waals surface area contributed by atoms with Crippen LogP contribution >= 0.6 is 0 Å². The predicted octanol–water partition coefficient (Wildman–Crippen LogP) is 2.45. The SMILES string of the molecule is CC(C)N(CC(=O)O)C(=O)c1ccc(S(=O)(=O)N(C)c2ccccc2)cc1. The Hall–Kier alpha value is -2.87. The summed E-state index contributed by atoms with van der Waals surface area (Å²) in [5.74, 6) is -1.58. The van der Waals surface area contributed by atoms with Crippen molar-refractivity contribution in [3.63, 3.8) is 0 Å². The predicted molar refractivity (Wildman–Crippen MR) is 102 cm³/mol. The van der Waals surface area contributed by atoms with Crippen LogP contribution in [0.3, 0.4) is 0 Å². The molecule has 0 saturated carbocycles. The Bertz CT molecular complexity index is 909. The van der Waals surface area contributed by atoms with Crippen molar-refractivity contribution in [2.24, 2.45) is 0 Å². The van der Waals surface area contributed by atoms with Crippen LogP contribution in [0, 0.1) is 0 Å². The first kappa shape index (κ1) is 20.4. The van der Waals surface area contributed by atoms with E-state index in [9.17, 15) is 18.0 Å². The summed E-state index contributed by atoms with van der Waals surface area (Å²) >= 11 is 0. The van der Waals surface area contributed by atoms with Crippen LogP contribution < -0.4 is 4.31 Å². The van der Waals surface area contributed by atoms with Crippen LogP contribution in [0.15, 0.2) is 59.5 Å². The van der Waals surface area contributed by atoms with E-state index in [0.717, 1.165) is 4.31 Å². The van der Waals surface area contributed by atoms with Crippen molar-refractivity contribution >= 4 is 27.6 Å². The molecular formula is C19H22N2O5S. The maximum atomic E-state index is 12.8. The maximum Gasteiger partial charge on any atom is 0.323 e. The second kappa shape index (κ2) is 8.22. The number of anilines is 1. The molecule has 0 fully saturated rings. The summed E-state index contributed by atoms with van der Waals surface area (Å²) in [6.45, 7) is 3.01. The van der Waals surface area contributed by atoms with Gasteiger partial charge in [0.05, 0.1) is 10.6 Å². The molecular weight excluding hydrogens is 368 g/mol. The molecule has 8 heteroatoms. The number of carboxylic acids is 1. The summed E-state index contributed by atoms with van der Waals surface area (Å²) in [6, 6.07) is 13.8. The van der Waals surface area contributed by atoms with Gasteiger partial charge in [0, 0.05) is 18.7 Å². The fraction of sp³-hybridized carbons (Fsp3) is 0.263. The summed E-state index contributed by atoms with van der Waals surface area (Å²) < 4.78 is 26.7. The summed E-state index contributed by atoms with van der Waals surface area (Å²) in [5, 5.41) is 8.97. The van der Waals surface area contributed by atoms with E-state index in [4.69, 9.17) is 5.11 Å². The van der Waals surface area contributed by atoms with E-state index >= 15 is 0 Å². The van der Waals surface area contributed by atoms with Crippen molar-refractivity contribution in [2.75, 3.05) is 17.9 Å². The molecule has 144 valence electrons. The summed E-state index contributed by atoms with van der Waals surface area (Å²) in [4.78, 5) is 24.8. The molecule has 0 bridgehead atoms. The first-order valence-corrected chi connectivity index (χ1v) is 9.75. The average molecular weight is 390 g/mol. The van der Waals surface area contributed by atoms with Gasteiger partial charge in [-0.3, -0.25) is 13.9 Å². The summed E-state index contributed by atoms with van der Waals surface area (Å²) in [6.07, 6.45) is 0. The fourth-order valence-corrected chi connectivity index (χ4v) is 3.70. The number of rotatable bonds is 7. The van der Waals surface area contributed by atoms with E-state index in [0.29, 0.717) is 5.69 Å². The van der Waals surface area contributed by atoms with Gasteiger partial charge in [0.1, 0.15) is 6.54 Å². The molecule has 0 unspecified atom stereocenters. The van der Waals surface area contributed by atoms with Crippen molar-refractivity contribution in [3.05, 3.63) is 60.2 Å². The molecule has 2 rings (SSSR count). The molecule has 2 aromatic carbocycles. The van der Waals surface area contributed by atoms with Crippen molar-refractivity contribution in [2.45, 2.75) is 24.8 Å². The second-order valence-corrected chi connectivity index (χ2v) is 8.22. The Kier molecular flexibility index (Phi) is 6.22. The lowest BCUT2D eigenvalue weighted by Crippen LogP contribution is -2.40. The topological polar surface area (TPSA) is 95.0 Å². The van der Waals surface area contributed by atoms with Crippen molar-refractivity contribution in [3.8, 4) is 0 Å². The zero-order chi connectivity index (χ0) is 20.2. The number of carboxylic acid groups (broad SMARTS) is 1. The number of amides is 1. The number of para-hydroxylation sites is 1. The molecule has 0 heterocycles. The minimum absolute atomic E-state index is 0.0414. The molecule has 27 heavy (non-hydrogen) atoms. The Labute approximate surface area is 158 Å². The van der Waals surface area contributed by atoms with Gasteiger partial charge in [-0.2, -0.15) is 0 Å². The molecule has 2 aromatic rings. The lowest BCUT2D eigenvalue weighted by Gasteiger charge is -2.25.